The van der Waals surface area contributed by atoms with Gasteiger partial charge in [0.15, 0.2) is 0 Å². The third-order valence-corrected chi connectivity index (χ3v) is 7.80. The lowest BCUT2D eigenvalue weighted by molar-refractivity contribution is 0.0594. The average Bonchev–Trinajstić information content (AvgIpc) is 3.11. The maximum Gasteiger partial charge on any atom is 0.342 e. The summed E-state index contributed by atoms with van der Waals surface area (Å²) in [6.45, 7) is 6.68. The molecule has 0 unspecified atom stereocenters. The molecule has 1 aromatic heterocycles. The highest BCUT2D eigenvalue weighted by Gasteiger charge is 2.37. The van der Waals surface area contributed by atoms with Gasteiger partial charge in [-0.15, -0.1) is 0 Å². The molecule has 0 N–H and O–H groups in total. The number of ether oxygens (including phenoxy) is 1. The second-order valence-corrected chi connectivity index (χ2v) is 9.54. The number of rotatable bonds is 6. The molecule has 1 aromatic carbocycles. The summed E-state index contributed by atoms with van der Waals surface area (Å²) in [7, 11) is -0.825. The van der Waals surface area contributed by atoms with Crippen LogP contribution >= 0.6 is 0 Å². The molecule has 0 aliphatic carbocycles. The Morgan fingerprint density at radius 3 is 2.19 bits per heavy atom. The van der Waals surface area contributed by atoms with Gasteiger partial charge in [-0.3, -0.25) is 4.79 Å². The van der Waals surface area contributed by atoms with E-state index in [0.717, 1.165) is 12.2 Å². The van der Waals surface area contributed by atoms with E-state index in [1.807, 2.05) is 26.1 Å². The minimum atomic E-state index is -3.99. The quantitative estimate of drug-likeness (QED) is 0.606. The van der Waals surface area contributed by atoms with Crippen molar-refractivity contribution in [2.45, 2.75) is 25.7 Å². The Morgan fingerprint density at radius 1 is 1.06 bits per heavy atom. The van der Waals surface area contributed by atoms with Crippen molar-refractivity contribution in [3.8, 4) is 0 Å². The number of furan rings is 1. The highest BCUT2D eigenvalue weighted by Crippen LogP contribution is 2.30. The minimum Gasteiger partial charge on any atom is -0.465 e. The van der Waals surface area contributed by atoms with E-state index in [2.05, 4.69) is 4.90 Å². The summed E-state index contributed by atoms with van der Waals surface area (Å²) in [5.41, 5.74) is 1.50. The topological polar surface area (TPSA) is 100 Å². The molecule has 174 valence electrons. The monoisotopic (exact) mass is 463 g/mol. The van der Waals surface area contributed by atoms with Crippen molar-refractivity contribution >= 4 is 27.6 Å². The van der Waals surface area contributed by atoms with E-state index in [0.29, 0.717) is 5.56 Å². The van der Waals surface area contributed by atoms with Gasteiger partial charge in [0.25, 0.3) is 5.91 Å². The molecular formula is C22H29N3O6S. The zero-order valence-corrected chi connectivity index (χ0v) is 19.9. The predicted molar refractivity (Wildman–Crippen MR) is 120 cm³/mol. The van der Waals surface area contributed by atoms with Gasteiger partial charge < -0.3 is 19.0 Å². The van der Waals surface area contributed by atoms with Crippen LogP contribution in [0.1, 0.15) is 39.2 Å². The van der Waals surface area contributed by atoms with Crippen LogP contribution in [0.3, 0.4) is 0 Å². The van der Waals surface area contributed by atoms with E-state index >= 15 is 0 Å². The smallest absolute Gasteiger partial charge is 0.342 e. The van der Waals surface area contributed by atoms with Crippen molar-refractivity contribution < 1.29 is 27.2 Å². The van der Waals surface area contributed by atoms with Gasteiger partial charge in [-0.25, -0.2) is 13.2 Å². The standard InChI is InChI=1S/C22H29N3O6S/c1-6-23(4)18-9-7-17(8-10-18)21(26)24-11-13-25(14-12-24)32(28,29)20-16(3)31-15(2)19(20)22(27)30-5/h7-10H,6,11-14H2,1-5H3. The van der Waals surface area contributed by atoms with Crippen LogP contribution in [0, 0.1) is 13.8 Å². The zero-order chi connectivity index (χ0) is 23.6. The molecule has 0 saturated carbocycles. The van der Waals surface area contributed by atoms with Gasteiger partial charge in [0.1, 0.15) is 22.0 Å². The van der Waals surface area contributed by atoms with Crippen LogP contribution in [0.15, 0.2) is 33.6 Å². The number of carbonyl (C=O) groups is 2. The van der Waals surface area contributed by atoms with Gasteiger partial charge in [0, 0.05) is 51.0 Å². The maximum absolute atomic E-state index is 13.3. The highest BCUT2D eigenvalue weighted by atomic mass is 32.2. The number of sulfonamides is 1. The molecule has 2 aromatic rings. The van der Waals surface area contributed by atoms with Crippen LogP contribution in [0.4, 0.5) is 5.69 Å². The number of methoxy groups -OCH3 is 1. The van der Waals surface area contributed by atoms with E-state index in [1.54, 1.807) is 17.0 Å². The number of piperazine rings is 1. The van der Waals surface area contributed by atoms with Gasteiger partial charge in [-0.05, 0) is 45.0 Å². The first-order valence-corrected chi connectivity index (χ1v) is 11.8. The van der Waals surface area contributed by atoms with Crippen molar-refractivity contribution in [1.29, 1.82) is 0 Å². The first-order valence-electron chi connectivity index (χ1n) is 10.4. The highest BCUT2D eigenvalue weighted by molar-refractivity contribution is 7.89. The van der Waals surface area contributed by atoms with E-state index in [4.69, 9.17) is 9.15 Å². The van der Waals surface area contributed by atoms with Gasteiger partial charge in [0.05, 0.1) is 7.11 Å². The lowest BCUT2D eigenvalue weighted by atomic mass is 10.1. The summed E-state index contributed by atoms with van der Waals surface area (Å²) < 4.78 is 38.0. The molecule has 1 aliphatic heterocycles. The summed E-state index contributed by atoms with van der Waals surface area (Å²) in [5.74, 6) is -0.570. The van der Waals surface area contributed by atoms with Crippen LogP contribution < -0.4 is 4.90 Å². The summed E-state index contributed by atoms with van der Waals surface area (Å²) >= 11 is 0. The maximum atomic E-state index is 13.3. The number of benzene rings is 1. The van der Waals surface area contributed by atoms with E-state index in [9.17, 15) is 18.0 Å². The number of amides is 1. The molecule has 1 fully saturated rings. The van der Waals surface area contributed by atoms with Crippen molar-refractivity contribution in [1.82, 2.24) is 9.21 Å². The Hall–Kier alpha value is -2.85. The van der Waals surface area contributed by atoms with Crippen LogP contribution in [-0.4, -0.2) is 76.4 Å². The van der Waals surface area contributed by atoms with Gasteiger partial charge in [-0.1, -0.05) is 0 Å². The third-order valence-electron chi connectivity index (χ3n) is 5.75. The summed E-state index contributed by atoms with van der Waals surface area (Å²) in [6.07, 6.45) is 0. The van der Waals surface area contributed by atoms with Crippen molar-refractivity contribution in [3.63, 3.8) is 0 Å². The fourth-order valence-corrected chi connectivity index (χ4v) is 5.59. The lowest BCUT2D eigenvalue weighted by Gasteiger charge is -2.34. The van der Waals surface area contributed by atoms with Crippen molar-refractivity contribution in [2.75, 3.05) is 51.8 Å². The molecule has 1 amide bonds. The second kappa shape index (κ2) is 9.33. The fourth-order valence-electron chi connectivity index (χ4n) is 3.80. The molecular weight excluding hydrogens is 434 g/mol. The summed E-state index contributed by atoms with van der Waals surface area (Å²) in [5, 5.41) is 0. The average molecular weight is 464 g/mol. The number of hydrogen-bond donors (Lipinski definition) is 0. The molecule has 0 radical (unpaired) electrons. The Morgan fingerprint density at radius 2 is 1.66 bits per heavy atom. The molecule has 2 heterocycles. The molecule has 9 nitrogen and oxygen atoms in total. The first kappa shape index (κ1) is 23.8. The predicted octanol–water partition coefficient (Wildman–Crippen LogP) is 2.29. The lowest BCUT2D eigenvalue weighted by Crippen LogP contribution is -2.50. The zero-order valence-electron chi connectivity index (χ0n) is 19.0. The Kier molecular flexibility index (Phi) is 6.94. The van der Waals surface area contributed by atoms with Gasteiger partial charge in [0.2, 0.25) is 10.0 Å². The Labute approximate surface area is 188 Å². The number of nitrogens with zero attached hydrogens (tertiary/aromatic N) is 3. The summed E-state index contributed by atoms with van der Waals surface area (Å²) in [6, 6.07) is 7.37. The number of anilines is 1. The van der Waals surface area contributed by atoms with Crippen LogP contribution in [0.25, 0.3) is 0 Å². The third kappa shape index (κ3) is 4.37. The van der Waals surface area contributed by atoms with Crippen molar-refractivity contribution in [3.05, 3.63) is 46.9 Å². The number of hydrogen-bond acceptors (Lipinski definition) is 7. The molecule has 32 heavy (non-hydrogen) atoms. The molecule has 0 spiro atoms. The van der Waals surface area contributed by atoms with E-state index in [1.165, 1.54) is 25.3 Å². The largest absolute Gasteiger partial charge is 0.465 e. The Bertz CT molecular complexity index is 1100. The molecule has 10 heteroatoms. The molecule has 0 atom stereocenters. The van der Waals surface area contributed by atoms with Crippen LogP contribution in [0.5, 0.6) is 0 Å². The fraction of sp³-hybridized carbons (Fsp3) is 0.455. The number of aryl methyl sites for hydroxylation is 2. The van der Waals surface area contributed by atoms with Crippen LogP contribution in [-0.2, 0) is 14.8 Å². The van der Waals surface area contributed by atoms with E-state index < -0.39 is 16.0 Å². The molecule has 1 saturated heterocycles. The SMILES string of the molecule is CCN(C)c1ccc(C(=O)N2CCN(S(=O)(=O)c3c(C)oc(C)c3C(=O)OC)CC2)cc1. The summed E-state index contributed by atoms with van der Waals surface area (Å²) in [4.78, 5) is 28.6. The number of carbonyl (C=O) groups excluding carboxylic acids is 2. The number of esters is 1. The minimum absolute atomic E-state index is 0.0827. The molecule has 0 bridgehead atoms. The van der Waals surface area contributed by atoms with E-state index in [-0.39, 0.29) is 54.1 Å². The second-order valence-electron chi connectivity index (χ2n) is 7.67. The van der Waals surface area contributed by atoms with Crippen molar-refractivity contribution in [2.24, 2.45) is 0 Å². The first-order chi connectivity index (χ1) is 15.1. The normalized spacial score (nSPS) is 15.0. The van der Waals surface area contributed by atoms with Crippen LogP contribution in [0.2, 0.25) is 0 Å². The van der Waals surface area contributed by atoms with Gasteiger partial charge in [-0.2, -0.15) is 4.31 Å². The molecule has 3 rings (SSSR count). The molecule has 1 aliphatic rings. The Balaban J connectivity index is 1.74. The van der Waals surface area contributed by atoms with Gasteiger partial charge >= 0.3 is 5.97 Å².